The summed E-state index contributed by atoms with van der Waals surface area (Å²) in [4.78, 5) is 0. The molecule has 1 aromatic carbocycles. The molecule has 1 aromatic heterocycles. The van der Waals surface area contributed by atoms with Crippen LogP contribution in [0.3, 0.4) is 0 Å². The molecule has 13 heavy (non-hydrogen) atoms. The third-order valence-electron chi connectivity index (χ3n) is 1.68. The van der Waals surface area contributed by atoms with Gasteiger partial charge in [-0.3, -0.25) is 0 Å². The van der Waals surface area contributed by atoms with Crippen LogP contribution in [0.4, 0.5) is 5.00 Å². The molecule has 0 aliphatic carbocycles. The normalized spacial score (nSPS) is 10.2. The largest absolute Gasteiger partial charge is 0.389 e. The first-order valence-electron chi connectivity index (χ1n) is 3.74. The molecule has 2 N–H and O–H groups in total. The molecular weight excluding hydrogens is 204 g/mol. The van der Waals surface area contributed by atoms with Gasteiger partial charge in [-0.15, -0.1) is 0 Å². The van der Waals surface area contributed by atoms with Gasteiger partial charge >= 0.3 is 0 Å². The number of nitrogen functional groups attached to an aromatic ring is 1. The Kier molecular flexibility index (Phi) is 2.20. The fourth-order valence-corrected chi connectivity index (χ4v) is 1.84. The Morgan fingerprint density at radius 2 is 2.08 bits per heavy atom. The Balaban J connectivity index is 2.52. The van der Waals surface area contributed by atoms with E-state index in [1.165, 1.54) is 11.5 Å². The standard InChI is InChI=1S/C9H7ClN2S/c10-7-4-2-1-3-6(7)8-5-9(11)13-12-8/h1-5H,11H2. The molecule has 4 heteroatoms. The van der Waals surface area contributed by atoms with Crippen LogP contribution < -0.4 is 5.73 Å². The molecule has 0 radical (unpaired) electrons. The number of hydrogen-bond donors (Lipinski definition) is 1. The van der Waals surface area contributed by atoms with Gasteiger partial charge in [-0.05, 0) is 17.6 Å². The highest BCUT2D eigenvalue weighted by atomic mass is 35.5. The number of benzene rings is 1. The van der Waals surface area contributed by atoms with Crippen molar-refractivity contribution in [2.24, 2.45) is 0 Å². The van der Waals surface area contributed by atoms with E-state index in [0.29, 0.717) is 10.0 Å². The van der Waals surface area contributed by atoms with E-state index in [1.54, 1.807) is 0 Å². The molecule has 0 spiro atoms. The lowest BCUT2D eigenvalue weighted by molar-refractivity contribution is 1.52. The van der Waals surface area contributed by atoms with Crippen molar-refractivity contribution in [3.63, 3.8) is 0 Å². The first-order valence-corrected chi connectivity index (χ1v) is 4.89. The molecule has 0 saturated carbocycles. The van der Waals surface area contributed by atoms with Crippen LogP contribution in [0, 0.1) is 0 Å². The third-order valence-corrected chi connectivity index (χ3v) is 2.62. The van der Waals surface area contributed by atoms with E-state index in [4.69, 9.17) is 17.3 Å². The second-order valence-corrected chi connectivity index (χ2v) is 3.84. The molecule has 0 aliphatic heterocycles. The number of hydrogen-bond acceptors (Lipinski definition) is 3. The Labute approximate surface area is 85.1 Å². The summed E-state index contributed by atoms with van der Waals surface area (Å²) in [5.41, 5.74) is 7.35. The van der Waals surface area contributed by atoms with Crippen molar-refractivity contribution in [2.75, 3.05) is 5.73 Å². The Bertz CT molecular complexity index is 425. The van der Waals surface area contributed by atoms with Crippen molar-refractivity contribution < 1.29 is 0 Å². The molecule has 0 unspecified atom stereocenters. The van der Waals surface area contributed by atoms with Crippen LogP contribution in [0.1, 0.15) is 0 Å². The third kappa shape index (κ3) is 1.66. The number of rotatable bonds is 1. The van der Waals surface area contributed by atoms with Gasteiger partial charge < -0.3 is 5.73 Å². The van der Waals surface area contributed by atoms with E-state index in [9.17, 15) is 0 Å². The Hall–Kier alpha value is -1.06. The van der Waals surface area contributed by atoms with E-state index in [1.807, 2.05) is 30.3 Å². The van der Waals surface area contributed by atoms with Gasteiger partial charge in [-0.2, -0.15) is 4.37 Å². The van der Waals surface area contributed by atoms with E-state index in [0.717, 1.165) is 11.3 Å². The summed E-state index contributed by atoms with van der Waals surface area (Å²) < 4.78 is 4.18. The van der Waals surface area contributed by atoms with Crippen molar-refractivity contribution in [1.82, 2.24) is 4.37 Å². The van der Waals surface area contributed by atoms with Gasteiger partial charge in [0.1, 0.15) is 5.00 Å². The zero-order valence-corrected chi connectivity index (χ0v) is 8.27. The molecule has 0 fully saturated rings. The van der Waals surface area contributed by atoms with Crippen molar-refractivity contribution in [3.05, 3.63) is 35.4 Å². The zero-order chi connectivity index (χ0) is 9.26. The number of nitrogens with two attached hydrogens (primary N) is 1. The molecule has 2 rings (SSSR count). The van der Waals surface area contributed by atoms with Gasteiger partial charge in [-0.25, -0.2) is 0 Å². The average Bonchev–Trinajstić information content (AvgIpc) is 2.53. The van der Waals surface area contributed by atoms with Gasteiger partial charge in [0.05, 0.1) is 5.69 Å². The minimum absolute atomic E-state index is 0.702. The second-order valence-electron chi connectivity index (χ2n) is 2.59. The zero-order valence-electron chi connectivity index (χ0n) is 6.70. The van der Waals surface area contributed by atoms with Gasteiger partial charge in [0.15, 0.2) is 0 Å². The highest BCUT2D eigenvalue weighted by Gasteiger charge is 2.05. The van der Waals surface area contributed by atoms with Crippen molar-refractivity contribution >= 4 is 28.1 Å². The summed E-state index contributed by atoms with van der Waals surface area (Å²) in [5.74, 6) is 0. The first-order chi connectivity index (χ1) is 6.27. The minimum atomic E-state index is 0.702. The van der Waals surface area contributed by atoms with Crippen LogP contribution in [0.15, 0.2) is 30.3 Å². The fourth-order valence-electron chi connectivity index (χ4n) is 1.09. The molecule has 0 atom stereocenters. The van der Waals surface area contributed by atoms with Crippen molar-refractivity contribution in [2.45, 2.75) is 0 Å². The van der Waals surface area contributed by atoms with Crippen LogP contribution >= 0.6 is 23.1 Å². The lowest BCUT2D eigenvalue weighted by atomic mass is 10.1. The van der Waals surface area contributed by atoms with Crippen LogP contribution in [0.25, 0.3) is 11.3 Å². The van der Waals surface area contributed by atoms with E-state index in [2.05, 4.69) is 4.37 Å². The molecule has 0 saturated heterocycles. The second kappa shape index (κ2) is 3.36. The summed E-state index contributed by atoms with van der Waals surface area (Å²) in [7, 11) is 0. The maximum atomic E-state index is 5.99. The summed E-state index contributed by atoms with van der Waals surface area (Å²) in [6.45, 7) is 0. The maximum Gasteiger partial charge on any atom is 0.107 e. The minimum Gasteiger partial charge on any atom is -0.389 e. The van der Waals surface area contributed by atoms with Gasteiger partial charge in [0.2, 0.25) is 0 Å². The van der Waals surface area contributed by atoms with Crippen LogP contribution in [-0.2, 0) is 0 Å². The number of nitrogens with zero attached hydrogens (tertiary/aromatic N) is 1. The topological polar surface area (TPSA) is 38.9 Å². The molecule has 0 bridgehead atoms. The maximum absolute atomic E-state index is 5.99. The molecule has 2 aromatic rings. The quantitative estimate of drug-likeness (QED) is 0.786. The van der Waals surface area contributed by atoms with Gasteiger partial charge in [0, 0.05) is 16.7 Å². The number of halogens is 1. The smallest absolute Gasteiger partial charge is 0.107 e. The van der Waals surface area contributed by atoms with Crippen molar-refractivity contribution in [1.29, 1.82) is 0 Å². The highest BCUT2D eigenvalue weighted by molar-refractivity contribution is 7.10. The number of aromatic nitrogens is 1. The SMILES string of the molecule is Nc1cc(-c2ccccc2Cl)ns1. The van der Waals surface area contributed by atoms with E-state index in [-0.39, 0.29) is 0 Å². The average molecular weight is 211 g/mol. The molecule has 2 nitrogen and oxygen atoms in total. The first kappa shape index (κ1) is 8.53. The molecule has 0 amide bonds. The van der Waals surface area contributed by atoms with Crippen LogP contribution in [0.5, 0.6) is 0 Å². The highest BCUT2D eigenvalue weighted by Crippen LogP contribution is 2.29. The molecule has 1 heterocycles. The summed E-state index contributed by atoms with van der Waals surface area (Å²) in [5, 5.41) is 1.41. The fraction of sp³-hybridized carbons (Fsp3) is 0. The van der Waals surface area contributed by atoms with Gasteiger partial charge in [-0.1, -0.05) is 29.8 Å². The van der Waals surface area contributed by atoms with E-state index < -0.39 is 0 Å². The van der Waals surface area contributed by atoms with Crippen LogP contribution in [-0.4, -0.2) is 4.37 Å². The summed E-state index contributed by atoms with van der Waals surface area (Å²) >= 11 is 7.27. The Morgan fingerprint density at radius 1 is 1.31 bits per heavy atom. The van der Waals surface area contributed by atoms with Crippen molar-refractivity contribution in [3.8, 4) is 11.3 Å². The predicted molar refractivity (Wildman–Crippen MR) is 57.0 cm³/mol. The predicted octanol–water partition coefficient (Wildman–Crippen LogP) is 3.05. The van der Waals surface area contributed by atoms with E-state index >= 15 is 0 Å². The summed E-state index contributed by atoms with van der Waals surface area (Å²) in [6.07, 6.45) is 0. The Morgan fingerprint density at radius 3 is 2.69 bits per heavy atom. The monoisotopic (exact) mass is 210 g/mol. The van der Waals surface area contributed by atoms with Crippen LogP contribution in [0.2, 0.25) is 5.02 Å². The lowest BCUT2D eigenvalue weighted by Crippen LogP contribution is -1.78. The summed E-state index contributed by atoms with van der Waals surface area (Å²) in [6, 6.07) is 9.41. The van der Waals surface area contributed by atoms with Gasteiger partial charge in [0.25, 0.3) is 0 Å². The number of anilines is 1. The molecule has 66 valence electrons. The lowest BCUT2D eigenvalue weighted by Gasteiger charge is -1.97. The molecule has 0 aliphatic rings. The molecular formula is C9H7ClN2S.